The molecule has 1 aliphatic carbocycles. The van der Waals surface area contributed by atoms with Gasteiger partial charge in [-0.15, -0.1) is 5.10 Å². The van der Waals surface area contributed by atoms with Gasteiger partial charge in [-0.1, -0.05) is 0 Å². The standard InChI is InChI=1S/C21H32N4O11/c22-18(31)19-23-8-25(24-19)14-5-11(27)13(35-14)7-33-20(32)9-1-3-10(4-2-9)34-21-17(30)16(29)15(28)12(6-26)36-21/h8-17,21,26-30H,1-7H2,(H2,22,31)/t9?,10?,11-,12?,13?,14?,15?,16?,17?,21?/m0/s1. The highest BCUT2D eigenvalue weighted by molar-refractivity contribution is 5.88. The average molecular weight is 517 g/mol. The second kappa shape index (κ2) is 11.4. The van der Waals surface area contributed by atoms with Gasteiger partial charge >= 0.3 is 5.97 Å². The summed E-state index contributed by atoms with van der Waals surface area (Å²) in [6.45, 7) is -0.702. The zero-order valence-corrected chi connectivity index (χ0v) is 19.4. The van der Waals surface area contributed by atoms with E-state index in [4.69, 9.17) is 24.7 Å². The van der Waals surface area contributed by atoms with Crippen molar-refractivity contribution in [3.8, 4) is 0 Å². The van der Waals surface area contributed by atoms with Crippen molar-refractivity contribution in [3.63, 3.8) is 0 Å². The number of esters is 1. The summed E-state index contributed by atoms with van der Waals surface area (Å²) >= 11 is 0. The van der Waals surface area contributed by atoms with Gasteiger partial charge in [-0.05, 0) is 25.7 Å². The lowest BCUT2D eigenvalue weighted by Gasteiger charge is -2.41. The molecule has 8 atom stereocenters. The smallest absolute Gasteiger partial charge is 0.309 e. The third kappa shape index (κ3) is 5.84. The Hall–Kier alpha value is -2.24. The SMILES string of the molecule is NC(=O)c1ncn(C2C[C@H](O)C(COC(=O)C3CCC(OC4OC(CO)C(O)C(O)C4O)CC3)O2)n1. The molecule has 15 heteroatoms. The molecule has 36 heavy (non-hydrogen) atoms. The van der Waals surface area contributed by atoms with E-state index in [1.54, 1.807) is 0 Å². The summed E-state index contributed by atoms with van der Waals surface area (Å²) in [6.07, 6.45) is -6.17. The first-order chi connectivity index (χ1) is 17.2. The Morgan fingerprint density at radius 1 is 1.06 bits per heavy atom. The normalized spacial score (nSPS) is 39.1. The minimum atomic E-state index is -1.52. The minimum absolute atomic E-state index is 0.158. The molecule has 2 saturated heterocycles. The molecule has 3 heterocycles. The molecule has 2 aliphatic heterocycles. The number of aliphatic hydroxyl groups is 5. The van der Waals surface area contributed by atoms with E-state index in [-0.39, 0.29) is 30.9 Å². The first kappa shape index (κ1) is 26.8. The van der Waals surface area contributed by atoms with Crippen molar-refractivity contribution < 1.29 is 54.1 Å². The van der Waals surface area contributed by atoms with E-state index < -0.39 is 67.6 Å². The third-order valence-electron chi connectivity index (χ3n) is 6.80. The monoisotopic (exact) mass is 516 g/mol. The highest BCUT2D eigenvalue weighted by Crippen LogP contribution is 2.32. The van der Waals surface area contributed by atoms with E-state index in [9.17, 15) is 35.1 Å². The van der Waals surface area contributed by atoms with Crippen molar-refractivity contribution in [2.75, 3.05) is 13.2 Å². The highest BCUT2D eigenvalue weighted by Gasteiger charge is 2.45. The van der Waals surface area contributed by atoms with Gasteiger partial charge in [0.25, 0.3) is 5.91 Å². The van der Waals surface area contributed by atoms with Gasteiger partial charge in [0.15, 0.2) is 12.5 Å². The molecule has 0 bridgehead atoms. The number of nitrogens with zero attached hydrogens (tertiary/aromatic N) is 3. The van der Waals surface area contributed by atoms with Crippen molar-refractivity contribution in [2.24, 2.45) is 11.7 Å². The fraction of sp³-hybridized carbons (Fsp3) is 0.810. The molecule has 4 rings (SSSR count). The number of carbonyl (C=O) groups is 2. The Bertz CT molecular complexity index is 906. The van der Waals surface area contributed by atoms with Gasteiger partial charge in [0.05, 0.1) is 24.7 Å². The molecule has 15 nitrogen and oxygen atoms in total. The summed E-state index contributed by atoms with van der Waals surface area (Å²) in [5, 5.41) is 53.4. The maximum atomic E-state index is 12.6. The van der Waals surface area contributed by atoms with E-state index in [2.05, 4.69) is 10.1 Å². The molecule has 1 aromatic heterocycles. The Morgan fingerprint density at radius 2 is 1.78 bits per heavy atom. The quantitative estimate of drug-likeness (QED) is 0.189. The molecule has 0 aromatic carbocycles. The summed E-state index contributed by atoms with van der Waals surface area (Å²) in [6, 6.07) is 0. The molecule has 202 valence electrons. The maximum Gasteiger partial charge on any atom is 0.309 e. The molecule has 3 fully saturated rings. The van der Waals surface area contributed by atoms with Crippen LogP contribution in [0.15, 0.2) is 6.33 Å². The first-order valence-corrected chi connectivity index (χ1v) is 11.8. The number of hydrogen-bond donors (Lipinski definition) is 6. The highest BCUT2D eigenvalue weighted by atomic mass is 16.7. The molecule has 1 amide bonds. The molecule has 0 spiro atoms. The van der Waals surface area contributed by atoms with Crippen LogP contribution in [0.4, 0.5) is 0 Å². The van der Waals surface area contributed by atoms with Gasteiger partial charge in [0.1, 0.15) is 43.5 Å². The van der Waals surface area contributed by atoms with Crippen LogP contribution in [0.25, 0.3) is 0 Å². The van der Waals surface area contributed by atoms with Gasteiger partial charge in [0.2, 0.25) is 5.82 Å². The average Bonchev–Trinajstić information content (AvgIpc) is 3.50. The van der Waals surface area contributed by atoms with Crippen molar-refractivity contribution in [1.29, 1.82) is 0 Å². The first-order valence-electron chi connectivity index (χ1n) is 11.8. The van der Waals surface area contributed by atoms with Gasteiger partial charge in [0, 0.05) is 6.42 Å². The number of rotatable bonds is 8. The van der Waals surface area contributed by atoms with Crippen LogP contribution in [0.3, 0.4) is 0 Å². The van der Waals surface area contributed by atoms with Crippen LogP contribution in [0.2, 0.25) is 0 Å². The molecule has 7 unspecified atom stereocenters. The summed E-state index contributed by atoms with van der Waals surface area (Å²) in [5.41, 5.74) is 5.14. The van der Waals surface area contributed by atoms with Gasteiger partial charge in [-0.2, -0.15) is 0 Å². The fourth-order valence-electron chi connectivity index (χ4n) is 4.64. The van der Waals surface area contributed by atoms with Crippen molar-refractivity contribution in [1.82, 2.24) is 14.8 Å². The van der Waals surface area contributed by atoms with E-state index in [1.807, 2.05) is 0 Å². The number of carbonyl (C=O) groups excluding carboxylic acids is 2. The number of hydrogen-bond acceptors (Lipinski definition) is 13. The van der Waals surface area contributed by atoms with Crippen LogP contribution < -0.4 is 5.73 Å². The summed E-state index contributed by atoms with van der Waals surface area (Å²) in [4.78, 5) is 27.5. The zero-order chi connectivity index (χ0) is 26.0. The number of primary amides is 1. The predicted molar refractivity (Wildman–Crippen MR) is 115 cm³/mol. The zero-order valence-electron chi connectivity index (χ0n) is 19.4. The molecule has 1 aromatic rings. The van der Waals surface area contributed by atoms with E-state index in [1.165, 1.54) is 11.0 Å². The molecule has 1 saturated carbocycles. The van der Waals surface area contributed by atoms with Crippen LogP contribution in [-0.2, 0) is 23.7 Å². The molecular weight excluding hydrogens is 484 g/mol. The van der Waals surface area contributed by atoms with Crippen molar-refractivity contribution >= 4 is 11.9 Å². The van der Waals surface area contributed by atoms with Gasteiger partial charge < -0.3 is 50.2 Å². The van der Waals surface area contributed by atoms with Crippen molar-refractivity contribution in [2.45, 2.75) is 87.3 Å². The Balaban J connectivity index is 1.20. The Kier molecular flexibility index (Phi) is 8.52. The number of amides is 1. The Morgan fingerprint density at radius 3 is 2.42 bits per heavy atom. The van der Waals surface area contributed by atoms with Crippen LogP contribution in [0.1, 0.15) is 49.0 Å². The van der Waals surface area contributed by atoms with E-state index >= 15 is 0 Å². The van der Waals surface area contributed by atoms with Crippen molar-refractivity contribution in [3.05, 3.63) is 12.2 Å². The molecule has 0 radical (unpaired) electrons. The Labute approximate surface area is 205 Å². The summed E-state index contributed by atoms with van der Waals surface area (Å²) in [5.74, 6) is -1.78. The van der Waals surface area contributed by atoms with Crippen LogP contribution in [0, 0.1) is 5.92 Å². The lowest BCUT2D eigenvalue weighted by Crippen LogP contribution is -2.59. The van der Waals surface area contributed by atoms with Gasteiger partial charge in [-0.25, -0.2) is 9.67 Å². The predicted octanol–water partition coefficient (Wildman–Crippen LogP) is -3.06. The minimum Gasteiger partial charge on any atom is -0.463 e. The molecule has 3 aliphatic rings. The maximum absolute atomic E-state index is 12.6. The topological polar surface area (TPSA) is 229 Å². The molecule has 7 N–H and O–H groups in total. The lowest BCUT2D eigenvalue weighted by atomic mass is 9.87. The fourth-order valence-corrected chi connectivity index (χ4v) is 4.64. The van der Waals surface area contributed by atoms with Crippen LogP contribution in [0.5, 0.6) is 0 Å². The van der Waals surface area contributed by atoms with E-state index in [0.717, 1.165) is 0 Å². The summed E-state index contributed by atoms with van der Waals surface area (Å²) in [7, 11) is 0. The van der Waals surface area contributed by atoms with E-state index in [0.29, 0.717) is 25.7 Å². The van der Waals surface area contributed by atoms with Gasteiger partial charge in [-0.3, -0.25) is 9.59 Å². The second-order valence-corrected chi connectivity index (χ2v) is 9.28. The summed E-state index contributed by atoms with van der Waals surface area (Å²) < 4.78 is 23.5. The third-order valence-corrected chi connectivity index (χ3v) is 6.80. The number of aliphatic hydroxyl groups excluding tert-OH is 5. The number of ether oxygens (including phenoxy) is 4. The second-order valence-electron chi connectivity index (χ2n) is 9.28. The van der Waals surface area contributed by atoms with Crippen LogP contribution in [-0.4, -0.2) is 114 Å². The number of aromatic nitrogens is 3. The largest absolute Gasteiger partial charge is 0.463 e. The lowest BCUT2D eigenvalue weighted by molar-refractivity contribution is -0.313. The number of nitrogens with two attached hydrogens (primary N) is 1. The molecular formula is C21H32N4O11. The van der Waals surface area contributed by atoms with Crippen LogP contribution >= 0.6 is 0 Å².